The fourth-order valence-electron chi connectivity index (χ4n) is 2.97. The molecule has 150 valence electrons. The number of hydrogen-bond acceptors (Lipinski definition) is 7. The second-order valence-electron chi connectivity index (χ2n) is 7.35. The Morgan fingerprint density at radius 1 is 1.07 bits per heavy atom. The van der Waals surface area contributed by atoms with Crippen molar-refractivity contribution in [3.05, 3.63) is 35.9 Å². The molecule has 0 aromatic heterocycles. The number of methoxy groups -OCH3 is 2. The van der Waals surface area contributed by atoms with Crippen molar-refractivity contribution in [2.24, 2.45) is 0 Å². The third-order valence-corrected chi connectivity index (χ3v) is 4.04. The SMILES string of the molecule is COC(=O)[C@@H]1C[C@H](OC(C)(C)C)C[C@H](O[C@@H](C(=O)OC)c2ccccc2)O1. The number of ether oxygens (including phenoxy) is 5. The highest BCUT2D eigenvalue weighted by Crippen LogP contribution is 2.31. The van der Waals surface area contributed by atoms with E-state index in [0.717, 1.165) is 0 Å². The quantitative estimate of drug-likeness (QED) is 0.702. The lowest BCUT2D eigenvalue weighted by atomic mass is 10.0. The average molecular weight is 380 g/mol. The smallest absolute Gasteiger partial charge is 0.339 e. The van der Waals surface area contributed by atoms with Crippen molar-refractivity contribution in [3.8, 4) is 0 Å². The van der Waals surface area contributed by atoms with Crippen LogP contribution in [0.15, 0.2) is 30.3 Å². The van der Waals surface area contributed by atoms with E-state index in [0.29, 0.717) is 18.4 Å². The molecule has 0 aliphatic carbocycles. The summed E-state index contributed by atoms with van der Waals surface area (Å²) in [4.78, 5) is 24.3. The topological polar surface area (TPSA) is 80.3 Å². The van der Waals surface area contributed by atoms with Gasteiger partial charge >= 0.3 is 11.9 Å². The van der Waals surface area contributed by atoms with Crippen molar-refractivity contribution in [2.45, 2.75) is 63.8 Å². The van der Waals surface area contributed by atoms with Crippen molar-refractivity contribution in [1.29, 1.82) is 0 Å². The van der Waals surface area contributed by atoms with Gasteiger partial charge in [0, 0.05) is 12.8 Å². The maximum absolute atomic E-state index is 12.2. The van der Waals surface area contributed by atoms with Gasteiger partial charge in [-0.15, -0.1) is 0 Å². The summed E-state index contributed by atoms with van der Waals surface area (Å²) in [5.74, 6) is -1.04. The predicted molar refractivity (Wildman–Crippen MR) is 96.8 cm³/mol. The first-order valence-electron chi connectivity index (χ1n) is 8.93. The molecule has 1 aromatic carbocycles. The second kappa shape index (κ2) is 9.30. The molecule has 1 aliphatic heterocycles. The number of benzene rings is 1. The Kier molecular flexibility index (Phi) is 7.35. The van der Waals surface area contributed by atoms with Crippen LogP contribution in [-0.4, -0.2) is 50.3 Å². The Balaban J connectivity index is 2.19. The van der Waals surface area contributed by atoms with E-state index in [1.807, 2.05) is 26.8 Å². The first kappa shape index (κ1) is 21.3. The molecule has 1 aliphatic rings. The maximum Gasteiger partial charge on any atom is 0.339 e. The lowest BCUT2D eigenvalue weighted by molar-refractivity contribution is -0.252. The van der Waals surface area contributed by atoms with Crippen LogP contribution in [-0.2, 0) is 33.3 Å². The highest BCUT2D eigenvalue weighted by molar-refractivity contribution is 5.76. The van der Waals surface area contributed by atoms with E-state index in [9.17, 15) is 9.59 Å². The van der Waals surface area contributed by atoms with Crippen molar-refractivity contribution >= 4 is 11.9 Å². The van der Waals surface area contributed by atoms with E-state index >= 15 is 0 Å². The normalized spacial score (nSPS) is 24.1. The van der Waals surface area contributed by atoms with Crippen molar-refractivity contribution in [1.82, 2.24) is 0 Å². The van der Waals surface area contributed by atoms with Gasteiger partial charge in [-0.25, -0.2) is 9.59 Å². The summed E-state index contributed by atoms with van der Waals surface area (Å²) in [7, 11) is 2.60. The van der Waals surface area contributed by atoms with Crippen LogP contribution in [0.5, 0.6) is 0 Å². The molecule has 0 N–H and O–H groups in total. The highest BCUT2D eigenvalue weighted by Gasteiger charge is 2.39. The van der Waals surface area contributed by atoms with Crippen LogP contribution in [0.25, 0.3) is 0 Å². The number of esters is 2. The molecule has 0 saturated carbocycles. The molecule has 1 fully saturated rings. The number of carbonyl (C=O) groups is 2. The molecule has 0 bridgehead atoms. The minimum atomic E-state index is -0.965. The van der Waals surface area contributed by atoms with Crippen LogP contribution in [0.3, 0.4) is 0 Å². The molecule has 0 unspecified atom stereocenters. The summed E-state index contributed by atoms with van der Waals surface area (Å²) in [6.45, 7) is 5.81. The van der Waals surface area contributed by atoms with Crippen LogP contribution < -0.4 is 0 Å². The number of rotatable bonds is 6. The summed E-state index contributed by atoms with van der Waals surface area (Å²) in [5, 5.41) is 0. The van der Waals surface area contributed by atoms with E-state index in [-0.39, 0.29) is 6.10 Å². The van der Waals surface area contributed by atoms with Gasteiger partial charge in [0.25, 0.3) is 0 Å². The molecule has 0 spiro atoms. The standard InChI is InChI=1S/C20H28O7/c1-20(2,3)27-14-11-15(18(21)23-4)25-16(12-14)26-17(19(22)24-5)13-9-7-6-8-10-13/h6-10,14-17H,11-12H2,1-5H3/t14-,15-,16-,17+/m0/s1. The summed E-state index contributed by atoms with van der Waals surface area (Å²) in [5.41, 5.74) is 0.246. The third kappa shape index (κ3) is 6.30. The Morgan fingerprint density at radius 3 is 2.30 bits per heavy atom. The zero-order valence-corrected chi connectivity index (χ0v) is 16.5. The van der Waals surface area contributed by atoms with Crippen molar-refractivity contribution in [2.75, 3.05) is 14.2 Å². The van der Waals surface area contributed by atoms with Gasteiger partial charge in [0.05, 0.1) is 25.9 Å². The molecule has 7 nitrogen and oxygen atoms in total. The summed E-state index contributed by atoms with van der Waals surface area (Å²) in [6, 6.07) is 8.99. The molecule has 7 heteroatoms. The van der Waals surface area contributed by atoms with Crippen LogP contribution in [0.2, 0.25) is 0 Å². The van der Waals surface area contributed by atoms with Crippen LogP contribution in [0, 0.1) is 0 Å². The second-order valence-corrected chi connectivity index (χ2v) is 7.35. The zero-order chi connectivity index (χ0) is 20.0. The fraction of sp³-hybridized carbons (Fsp3) is 0.600. The zero-order valence-electron chi connectivity index (χ0n) is 16.5. The van der Waals surface area contributed by atoms with Crippen molar-refractivity contribution < 1.29 is 33.3 Å². The van der Waals surface area contributed by atoms with Gasteiger partial charge in [-0.1, -0.05) is 30.3 Å². The van der Waals surface area contributed by atoms with E-state index in [4.69, 9.17) is 23.7 Å². The largest absolute Gasteiger partial charge is 0.467 e. The lowest BCUT2D eigenvalue weighted by Crippen LogP contribution is -2.45. The highest BCUT2D eigenvalue weighted by atomic mass is 16.7. The summed E-state index contributed by atoms with van der Waals surface area (Å²) in [6.07, 6.45) is -2.15. The molecule has 0 radical (unpaired) electrons. The minimum absolute atomic E-state index is 0.276. The van der Waals surface area contributed by atoms with Gasteiger partial charge in [-0.3, -0.25) is 0 Å². The van der Waals surface area contributed by atoms with Crippen LogP contribution in [0.4, 0.5) is 0 Å². The molecule has 2 rings (SSSR count). The predicted octanol–water partition coefficient (Wildman–Crippen LogP) is 2.78. The molecule has 1 aromatic rings. The van der Waals surface area contributed by atoms with Gasteiger partial charge in [-0.2, -0.15) is 0 Å². The monoisotopic (exact) mass is 380 g/mol. The average Bonchev–Trinajstić information content (AvgIpc) is 2.64. The third-order valence-electron chi connectivity index (χ3n) is 4.04. The van der Waals surface area contributed by atoms with E-state index in [2.05, 4.69) is 0 Å². The number of hydrogen-bond donors (Lipinski definition) is 0. The first-order chi connectivity index (χ1) is 12.7. The Bertz CT molecular complexity index is 623. The Morgan fingerprint density at radius 2 is 1.74 bits per heavy atom. The van der Waals surface area contributed by atoms with Gasteiger partial charge in [0.1, 0.15) is 0 Å². The molecule has 0 amide bonds. The molecular formula is C20H28O7. The van der Waals surface area contributed by atoms with E-state index < -0.39 is 36.0 Å². The molecular weight excluding hydrogens is 352 g/mol. The lowest BCUT2D eigenvalue weighted by Gasteiger charge is -2.37. The molecule has 1 heterocycles. The minimum Gasteiger partial charge on any atom is -0.467 e. The summed E-state index contributed by atoms with van der Waals surface area (Å²) < 4.78 is 27.4. The Labute approximate surface area is 159 Å². The van der Waals surface area contributed by atoms with Crippen LogP contribution in [0.1, 0.15) is 45.3 Å². The van der Waals surface area contributed by atoms with Gasteiger partial charge in [0.2, 0.25) is 0 Å². The fourth-order valence-corrected chi connectivity index (χ4v) is 2.97. The van der Waals surface area contributed by atoms with E-state index in [1.165, 1.54) is 14.2 Å². The first-order valence-corrected chi connectivity index (χ1v) is 8.93. The number of carbonyl (C=O) groups excluding carboxylic acids is 2. The molecule has 27 heavy (non-hydrogen) atoms. The van der Waals surface area contributed by atoms with Gasteiger partial charge < -0.3 is 23.7 Å². The summed E-state index contributed by atoms with van der Waals surface area (Å²) >= 11 is 0. The Hall–Kier alpha value is -1.96. The van der Waals surface area contributed by atoms with Crippen molar-refractivity contribution in [3.63, 3.8) is 0 Å². The van der Waals surface area contributed by atoms with Gasteiger partial charge in [0.15, 0.2) is 18.5 Å². The molecule has 1 saturated heterocycles. The molecule has 4 atom stereocenters. The maximum atomic E-state index is 12.2. The van der Waals surface area contributed by atoms with E-state index in [1.54, 1.807) is 24.3 Å². The van der Waals surface area contributed by atoms with Gasteiger partial charge in [-0.05, 0) is 26.3 Å². The van der Waals surface area contributed by atoms with Crippen LogP contribution >= 0.6 is 0 Å².